The zero-order valence-electron chi connectivity index (χ0n) is 18.6. The summed E-state index contributed by atoms with van der Waals surface area (Å²) in [4.78, 5) is 13.5. The molecule has 0 saturated carbocycles. The molecule has 3 aromatic rings. The highest BCUT2D eigenvalue weighted by molar-refractivity contribution is 5.62. The Bertz CT molecular complexity index is 1030. The van der Waals surface area contributed by atoms with Gasteiger partial charge >= 0.3 is 0 Å². The van der Waals surface area contributed by atoms with Crippen LogP contribution < -0.4 is 15.8 Å². The summed E-state index contributed by atoms with van der Waals surface area (Å²) in [6, 6.07) is 5.92. The number of ether oxygens (including phenoxy) is 1. The van der Waals surface area contributed by atoms with Crippen LogP contribution in [0.1, 0.15) is 37.6 Å². The molecule has 0 saturated heterocycles. The van der Waals surface area contributed by atoms with Gasteiger partial charge in [0.2, 0.25) is 11.8 Å². The summed E-state index contributed by atoms with van der Waals surface area (Å²) < 4.78 is 11.4. The number of nitrogens with two attached hydrogens (primary N) is 1. The fraction of sp³-hybridized carbons (Fsp3) is 0.455. The molecule has 0 amide bonds. The van der Waals surface area contributed by atoms with Crippen molar-refractivity contribution in [3.63, 3.8) is 0 Å². The van der Waals surface area contributed by atoms with Gasteiger partial charge in [0.1, 0.15) is 24.2 Å². The average molecular weight is 427 g/mol. The van der Waals surface area contributed by atoms with Crippen LogP contribution in [0.2, 0.25) is 0 Å². The van der Waals surface area contributed by atoms with Gasteiger partial charge in [0, 0.05) is 23.8 Å². The van der Waals surface area contributed by atoms with Crippen molar-refractivity contribution in [1.82, 2.24) is 20.1 Å². The van der Waals surface area contributed by atoms with Crippen molar-refractivity contribution in [3.8, 4) is 28.7 Å². The first kappa shape index (κ1) is 22.6. The molecule has 0 aliphatic carbocycles. The minimum atomic E-state index is -0.700. The van der Waals surface area contributed by atoms with E-state index in [1.807, 2.05) is 52.8 Å². The molecule has 0 radical (unpaired) electrons. The lowest BCUT2D eigenvalue weighted by atomic mass is 10.0. The summed E-state index contributed by atoms with van der Waals surface area (Å²) in [6.45, 7) is 10.2. The normalized spacial score (nSPS) is 12.3. The lowest BCUT2D eigenvalue weighted by Gasteiger charge is -2.16. The molecular weight excluding hydrogens is 396 g/mol. The maximum atomic E-state index is 9.71. The van der Waals surface area contributed by atoms with Crippen LogP contribution in [0, 0.1) is 13.8 Å². The second-order valence-electron chi connectivity index (χ2n) is 7.78. The van der Waals surface area contributed by atoms with E-state index in [4.69, 9.17) is 15.0 Å². The zero-order valence-corrected chi connectivity index (χ0v) is 18.6. The highest BCUT2D eigenvalue weighted by Crippen LogP contribution is 2.31. The van der Waals surface area contributed by atoms with Gasteiger partial charge in [0.15, 0.2) is 0 Å². The number of hydrogen-bond acceptors (Lipinski definition) is 9. The molecule has 1 aromatic carbocycles. The molecule has 0 aliphatic heterocycles. The van der Waals surface area contributed by atoms with Crippen LogP contribution in [-0.4, -0.2) is 50.5 Å². The number of benzene rings is 1. The van der Waals surface area contributed by atoms with Gasteiger partial charge in [0.05, 0.1) is 0 Å². The fourth-order valence-corrected chi connectivity index (χ4v) is 3.14. The van der Waals surface area contributed by atoms with E-state index in [0.29, 0.717) is 23.4 Å². The number of anilines is 1. The first-order valence-corrected chi connectivity index (χ1v) is 10.4. The van der Waals surface area contributed by atoms with E-state index >= 15 is 0 Å². The standard InChI is InChI=1S/C22H30N6O3/c1-6-15-9-16(7-13(4)19(15)30-11-17(29)10-23)21-27-20(28-31-21)18-8-14(5)25-22(26-18)24-12(2)3/h7-9,12,17,29H,6,10-11,23H2,1-5H3,(H,24,25,26). The van der Waals surface area contributed by atoms with Gasteiger partial charge < -0.3 is 25.4 Å². The third kappa shape index (κ3) is 5.56. The Kier molecular flexibility index (Phi) is 7.19. The number of rotatable bonds is 9. The van der Waals surface area contributed by atoms with Crippen molar-refractivity contribution in [1.29, 1.82) is 0 Å². The molecular formula is C22H30N6O3. The van der Waals surface area contributed by atoms with Gasteiger partial charge in [-0.15, -0.1) is 0 Å². The molecule has 31 heavy (non-hydrogen) atoms. The third-order valence-electron chi connectivity index (χ3n) is 4.60. The second kappa shape index (κ2) is 9.84. The van der Waals surface area contributed by atoms with Crippen LogP contribution in [-0.2, 0) is 6.42 Å². The number of aromatic nitrogens is 4. The van der Waals surface area contributed by atoms with E-state index in [1.54, 1.807) is 0 Å². The first-order valence-electron chi connectivity index (χ1n) is 10.4. The Morgan fingerprint density at radius 1 is 1.16 bits per heavy atom. The average Bonchev–Trinajstić information content (AvgIpc) is 3.21. The van der Waals surface area contributed by atoms with E-state index in [0.717, 1.165) is 34.6 Å². The molecule has 1 atom stereocenters. The Labute approximate surface area is 182 Å². The van der Waals surface area contributed by atoms with Crippen LogP contribution >= 0.6 is 0 Å². The number of aliphatic hydroxyl groups is 1. The number of nitrogens with one attached hydrogen (secondary N) is 1. The van der Waals surface area contributed by atoms with Crippen LogP contribution in [0.4, 0.5) is 5.95 Å². The molecule has 9 nitrogen and oxygen atoms in total. The maximum absolute atomic E-state index is 9.71. The molecule has 3 rings (SSSR count). The highest BCUT2D eigenvalue weighted by Gasteiger charge is 2.17. The molecule has 0 spiro atoms. The summed E-state index contributed by atoms with van der Waals surface area (Å²) >= 11 is 0. The highest BCUT2D eigenvalue weighted by atomic mass is 16.5. The fourth-order valence-electron chi connectivity index (χ4n) is 3.14. The van der Waals surface area contributed by atoms with Crippen molar-refractivity contribution < 1.29 is 14.4 Å². The summed E-state index contributed by atoms with van der Waals surface area (Å²) in [5, 5.41) is 17.0. The SMILES string of the molecule is CCc1cc(-c2nc(-c3cc(C)nc(NC(C)C)n3)no2)cc(C)c1OCC(O)CN. The van der Waals surface area contributed by atoms with E-state index in [9.17, 15) is 5.11 Å². The number of aryl methyl sites for hydroxylation is 3. The monoisotopic (exact) mass is 426 g/mol. The van der Waals surface area contributed by atoms with E-state index in [2.05, 4.69) is 25.4 Å². The van der Waals surface area contributed by atoms with E-state index < -0.39 is 6.10 Å². The minimum absolute atomic E-state index is 0.147. The predicted octanol–water partition coefficient (Wildman–Crippen LogP) is 2.89. The molecule has 0 fully saturated rings. The quantitative estimate of drug-likeness (QED) is 0.472. The Hall–Kier alpha value is -3.04. The maximum Gasteiger partial charge on any atom is 0.258 e. The summed E-state index contributed by atoms with van der Waals surface area (Å²) in [5.74, 6) is 2.07. The van der Waals surface area contributed by atoms with Crippen molar-refractivity contribution in [3.05, 3.63) is 35.0 Å². The van der Waals surface area contributed by atoms with Gasteiger partial charge in [-0.3, -0.25) is 0 Å². The van der Waals surface area contributed by atoms with Gasteiger partial charge in [-0.2, -0.15) is 4.98 Å². The molecule has 1 unspecified atom stereocenters. The molecule has 2 aromatic heterocycles. The largest absolute Gasteiger partial charge is 0.490 e. The summed E-state index contributed by atoms with van der Waals surface area (Å²) in [6.07, 6.45) is 0.0488. The molecule has 4 N–H and O–H groups in total. The molecule has 166 valence electrons. The van der Waals surface area contributed by atoms with Crippen LogP contribution in [0.25, 0.3) is 23.0 Å². The molecule has 0 bridgehead atoms. The van der Waals surface area contributed by atoms with Gasteiger partial charge in [-0.25, -0.2) is 9.97 Å². The molecule has 2 heterocycles. The summed E-state index contributed by atoms with van der Waals surface area (Å²) in [5.41, 5.74) is 9.57. The van der Waals surface area contributed by atoms with Crippen LogP contribution in [0.15, 0.2) is 22.7 Å². The lowest BCUT2D eigenvalue weighted by Crippen LogP contribution is -2.27. The lowest BCUT2D eigenvalue weighted by molar-refractivity contribution is 0.113. The Morgan fingerprint density at radius 3 is 2.61 bits per heavy atom. The van der Waals surface area contributed by atoms with E-state index in [-0.39, 0.29) is 19.2 Å². The smallest absolute Gasteiger partial charge is 0.258 e. The van der Waals surface area contributed by atoms with Crippen molar-refractivity contribution in [2.24, 2.45) is 5.73 Å². The van der Waals surface area contributed by atoms with Crippen molar-refractivity contribution in [2.75, 3.05) is 18.5 Å². The topological polar surface area (TPSA) is 132 Å². The number of nitrogens with zero attached hydrogens (tertiary/aromatic N) is 4. The van der Waals surface area contributed by atoms with Crippen molar-refractivity contribution in [2.45, 2.75) is 53.2 Å². The summed E-state index contributed by atoms with van der Waals surface area (Å²) in [7, 11) is 0. The Balaban J connectivity index is 1.90. The predicted molar refractivity (Wildman–Crippen MR) is 119 cm³/mol. The minimum Gasteiger partial charge on any atom is -0.490 e. The third-order valence-corrected chi connectivity index (χ3v) is 4.60. The van der Waals surface area contributed by atoms with Crippen LogP contribution in [0.5, 0.6) is 5.75 Å². The van der Waals surface area contributed by atoms with Crippen molar-refractivity contribution >= 4 is 5.95 Å². The van der Waals surface area contributed by atoms with Gasteiger partial charge in [-0.1, -0.05) is 12.1 Å². The number of aliphatic hydroxyl groups excluding tert-OH is 1. The van der Waals surface area contributed by atoms with E-state index in [1.165, 1.54) is 0 Å². The van der Waals surface area contributed by atoms with Gasteiger partial charge in [0.25, 0.3) is 5.89 Å². The van der Waals surface area contributed by atoms with Gasteiger partial charge in [-0.05, 0) is 63.4 Å². The Morgan fingerprint density at radius 2 is 1.94 bits per heavy atom. The first-order chi connectivity index (χ1) is 14.8. The zero-order chi connectivity index (χ0) is 22.5. The number of hydrogen-bond donors (Lipinski definition) is 3. The second-order valence-corrected chi connectivity index (χ2v) is 7.78. The van der Waals surface area contributed by atoms with Crippen LogP contribution in [0.3, 0.4) is 0 Å². The molecule has 9 heteroatoms. The molecule has 0 aliphatic rings.